The Morgan fingerprint density at radius 2 is 1.76 bits per heavy atom. The molecule has 146 valence electrons. The summed E-state index contributed by atoms with van der Waals surface area (Å²) in [6.45, 7) is 2.74. The summed E-state index contributed by atoms with van der Waals surface area (Å²) >= 11 is 0. The number of rotatable bonds is 6. The second kappa shape index (κ2) is 8.14. The van der Waals surface area contributed by atoms with Gasteiger partial charge in [0.05, 0.1) is 18.7 Å². The van der Waals surface area contributed by atoms with Gasteiger partial charge in [-0.1, -0.05) is 47.7 Å². The van der Waals surface area contributed by atoms with Crippen LogP contribution in [0.25, 0.3) is 11.0 Å². The van der Waals surface area contributed by atoms with E-state index in [4.69, 9.17) is 4.74 Å². The number of carbonyl (C=O) groups is 1. The highest BCUT2D eigenvalue weighted by Gasteiger charge is 2.19. The third-order valence-electron chi connectivity index (χ3n) is 4.93. The Bertz CT molecular complexity index is 1120. The zero-order valence-electron chi connectivity index (χ0n) is 16.4. The highest BCUT2D eigenvalue weighted by molar-refractivity contribution is 5.97. The number of carbonyl (C=O) groups excluding carboxylic acids is 1. The monoisotopic (exact) mass is 386 g/mol. The van der Waals surface area contributed by atoms with Crippen LogP contribution in [-0.2, 0) is 6.54 Å². The number of fused-ring (bicyclic) bond motifs is 1. The lowest BCUT2D eigenvalue weighted by atomic mass is 9.98. The largest absolute Gasteiger partial charge is 0.497 e. The molecular weight excluding hydrogens is 364 g/mol. The summed E-state index contributed by atoms with van der Waals surface area (Å²) in [5.41, 5.74) is 4.15. The van der Waals surface area contributed by atoms with Gasteiger partial charge in [0.2, 0.25) is 0 Å². The minimum Gasteiger partial charge on any atom is -0.497 e. The lowest BCUT2D eigenvalue weighted by Crippen LogP contribution is -2.29. The number of amides is 1. The Kier molecular flexibility index (Phi) is 5.24. The molecule has 4 rings (SSSR count). The molecule has 0 fully saturated rings. The number of aryl methyl sites for hydroxylation is 1. The van der Waals surface area contributed by atoms with Gasteiger partial charge >= 0.3 is 0 Å². The van der Waals surface area contributed by atoms with E-state index in [1.807, 2.05) is 73.7 Å². The molecule has 6 nitrogen and oxygen atoms in total. The van der Waals surface area contributed by atoms with Gasteiger partial charge in [-0.25, -0.2) is 4.68 Å². The Balaban J connectivity index is 1.65. The molecule has 1 amide bonds. The molecule has 0 spiro atoms. The maximum atomic E-state index is 13.1. The van der Waals surface area contributed by atoms with Crippen LogP contribution in [0.3, 0.4) is 0 Å². The zero-order valence-corrected chi connectivity index (χ0v) is 16.4. The van der Waals surface area contributed by atoms with Crippen LogP contribution in [0.4, 0.5) is 0 Å². The van der Waals surface area contributed by atoms with Crippen molar-refractivity contribution < 1.29 is 9.53 Å². The van der Waals surface area contributed by atoms with Gasteiger partial charge in [-0.3, -0.25) is 4.79 Å². The predicted octanol–water partition coefficient (Wildman–Crippen LogP) is 3.98. The Hall–Kier alpha value is -3.67. The van der Waals surface area contributed by atoms with Crippen molar-refractivity contribution >= 4 is 16.9 Å². The minimum absolute atomic E-state index is 0.164. The molecule has 0 saturated carbocycles. The number of methoxy groups -OCH3 is 1. The van der Waals surface area contributed by atoms with Crippen LogP contribution in [0, 0.1) is 0 Å². The molecule has 3 aromatic carbocycles. The first-order chi connectivity index (χ1) is 14.2. The van der Waals surface area contributed by atoms with Crippen LogP contribution in [0.2, 0.25) is 0 Å². The van der Waals surface area contributed by atoms with E-state index in [1.54, 1.807) is 17.9 Å². The van der Waals surface area contributed by atoms with Crippen LogP contribution >= 0.6 is 0 Å². The van der Waals surface area contributed by atoms with Crippen molar-refractivity contribution in [3.05, 3.63) is 89.5 Å². The van der Waals surface area contributed by atoms with Crippen LogP contribution in [-0.4, -0.2) is 28.0 Å². The lowest BCUT2D eigenvalue weighted by molar-refractivity contribution is 0.0943. The van der Waals surface area contributed by atoms with E-state index in [1.165, 1.54) is 0 Å². The molecule has 0 aliphatic heterocycles. The SMILES string of the molecule is CCn1nnc2cc(C(=O)N[C@H](c3ccccc3)c3ccc(OC)cc3)ccc21. The number of ether oxygens (including phenoxy) is 1. The molecule has 0 unspecified atom stereocenters. The maximum Gasteiger partial charge on any atom is 0.252 e. The summed E-state index contributed by atoms with van der Waals surface area (Å²) in [6.07, 6.45) is 0. The van der Waals surface area contributed by atoms with E-state index in [9.17, 15) is 4.79 Å². The third-order valence-corrected chi connectivity index (χ3v) is 4.93. The van der Waals surface area contributed by atoms with Gasteiger partial charge in [0.25, 0.3) is 5.91 Å². The van der Waals surface area contributed by atoms with Crippen LogP contribution < -0.4 is 10.1 Å². The van der Waals surface area contributed by atoms with Crippen LogP contribution in [0.5, 0.6) is 5.75 Å². The average Bonchev–Trinajstić information content (AvgIpc) is 3.20. The number of hydrogen-bond acceptors (Lipinski definition) is 4. The smallest absolute Gasteiger partial charge is 0.252 e. The Morgan fingerprint density at radius 1 is 1.03 bits per heavy atom. The van der Waals surface area contributed by atoms with E-state index in [0.717, 1.165) is 28.9 Å². The van der Waals surface area contributed by atoms with Gasteiger partial charge in [0.1, 0.15) is 11.3 Å². The van der Waals surface area contributed by atoms with Crippen molar-refractivity contribution in [1.29, 1.82) is 0 Å². The van der Waals surface area contributed by atoms with E-state index < -0.39 is 0 Å². The Morgan fingerprint density at radius 3 is 2.45 bits per heavy atom. The molecule has 1 aromatic heterocycles. The summed E-state index contributed by atoms with van der Waals surface area (Å²) in [5, 5.41) is 11.4. The standard InChI is InChI=1S/C23H22N4O2/c1-3-27-21-14-11-18(15-20(21)25-26-27)23(28)24-22(16-7-5-4-6-8-16)17-9-12-19(29-2)13-10-17/h4-15,22H,3H2,1-2H3,(H,24,28)/t22-/m1/s1. The Labute approximate surface area is 169 Å². The van der Waals surface area contributed by atoms with E-state index in [0.29, 0.717) is 11.1 Å². The van der Waals surface area contributed by atoms with Gasteiger partial charge in [-0.05, 0) is 48.4 Å². The molecule has 0 bridgehead atoms. The second-order valence-corrected chi connectivity index (χ2v) is 6.70. The van der Waals surface area contributed by atoms with Crippen molar-refractivity contribution in [2.24, 2.45) is 0 Å². The van der Waals surface area contributed by atoms with Crippen molar-refractivity contribution in [3.8, 4) is 5.75 Å². The molecule has 0 aliphatic rings. The number of hydrogen-bond donors (Lipinski definition) is 1. The quantitative estimate of drug-likeness (QED) is 0.544. The normalized spacial score (nSPS) is 11.9. The molecule has 0 radical (unpaired) electrons. The average molecular weight is 386 g/mol. The molecule has 29 heavy (non-hydrogen) atoms. The topological polar surface area (TPSA) is 69.0 Å². The minimum atomic E-state index is -0.281. The summed E-state index contributed by atoms with van der Waals surface area (Å²) < 4.78 is 7.06. The van der Waals surface area contributed by atoms with Crippen molar-refractivity contribution in [3.63, 3.8) is 0 Å². The fourth-order valence-corrected chi connectivity index (χ4v) is 3.36. The first-order valence-corrected chi connectivity index (χ1v) is 9.52. The number of aromatic nitrogens is 3. The maximum absolute atomic E-state index is 13.1. The molecule has 4 aromatic rings. The van der Waals surface area contributed by atoms with E-state index in [-0.39, 0.29) is 11.9 Å². The number of benzene rings is 3. The molecule has 0 aliphatic carbocycles. The second-order valence-electron chi connectivity index (χ2n) is 6.70. The van der Waals surface area contributed by atoms with Gasteiger partial charge in [-0.15, -0.1) is 5.10 Å². The van der Waals surface area contributed by atoms with Crippen LogP contribution in [0.1, 0.15) is 34.5 Å². The molecule has 1 atom stereocenters. The van der Waals surface area contributed by atoms with Gasteiger partial charge in [0, 0.05) is 12.1 Å². The van der Waals surface area contributed by atoms with Gasteiger partial charge < -0.3 is 10.1 Å². The summed E-state index contributed by atoms with van der Waals surface area (Å²) in [6, 6.07) is 22.8. The van der Waals surface area contributed by atoms with E-state index in [2.05, 4.69) is 15.6 Å². The molecule has 1 N–H and O–H groups in total. The third kappa shape index (κ3) is 3.82. The first-order valence-electron chi connectivity index (χ1n) is 9.52. The van der Waals surface area contributed by atoms with E-state index >= 15 is 0 Å². The lowest BCUT2D eigenvalue weighted by Gasteiger charge is -2.20. The molecule has 6 heteroatoms. The van der Waals surface area contributed by atoms with Crippen LogP contribution in [0.15, 0.2) is 72.8 Å². The van der Waals surface area contributed by atoms with Crippen molar-refractivity contribution in [2.75, 3.05) is 7.11 Å². The highest BCUT2D eigenvalue weighted by atomic mass is 16.5. The number of nitrogens with one attached hydrogen (secondary N) is 1. The fourth-order valence-electron chi connectivity index (χ4n) is 3.36. The fraction of sp³-hybridized carbons (Fsp3) is 0.174. The predicted molar refractivity (Wildman–Crippen MR) is 112 cm³/mol. The van der Waals surface area contributed by atoms with Crippen molar-refractivity contribution in [2.45, 2.75) is 19.5 Å². The molecule has 1 heterocycles. The van der Waals surface area contributed by atoms with Gasteiger partial charge in [0.15, 0.2) is 0 Å². The summed E-state index contributed by atoms with van der Waals surface area (Å²) in [4.78, 5) is 13.1. The summed E-state index contributed by atoms with van der Waals surface area (Å²) in [7, 11) is 1.64. The first kappa shape index (κ1) is 18.7. The number of nitrogens with zero attached hydrogens (tertiary/aromatic N) is 3. The van der Waals surface area contributed by atoms with Gasteiger partial charge in [-0.2, -0.15) is 0 Å². The summed E-state index contributed by atoms with van der Waals surface area (Å²) in [5.74, 6) is 0.610. The highest BCUT2D eigenvalue weighted by Crippen LogP contribution is 2.25. The molecular formula is C23H22N4O2. The zero-order chi connectivity index (χ0) is 20.2. The molecule has 0 saturated heterocycles. The van der Waals surface area contributed by atoms with Crippen molar-refractivity contribution in [1.82, 2.24) is 20.3 Å².